The molecule has 0 atom stereocenters. The van der Waals surface area contributed by atoms with Gasteiger partial charge in [0.2, 0.25) is 0 Å². The van der Waals surface area contributed by atoms with Gasteiger partial charge in [0.15, 0.2) is 0 Å². The number of nitrogens with two attached hydrogens (primary N) is 1. The molecule has 0 unspecified atom stereocenters. The lowest BCUT2D eigenvalue weighted by molar-refractivity contribution is 0.158. The molecule has 7 nitrogen and oxygen atoms in total. The molecular weight excluding hydrogens is 258 g/mol. The first-order chi connectivity index (χ1) is 8.38. The van der Waals surface area contributed by atoms with Crippen LogP contribution >= 0.6 is 0 Å². The molecule has 0 aliphatic carbocycles. The molecule has 0 spiro atoms. The highest BCUT2D eigenvalue weighted by atomic mass is 32.2. The lowest BCUT2D eigenvalue weighted by atomic mass is 10.3. The van der Waals surface area contributed by atoms with Crippen molar-refractivity contribution in [3.63, 3.8) is 0 Å². The van der Waals surface area contributed by atoms with E-state index < -0.39 is 16.3 Å². The number of ether oxygens (including phenoxy) is 1. The van der Waals surface area contributed by atoms with Gasteiger partial charge in [0.1, 0.15) is 0 Å². The van der Waals surface area contributed by atoms with Crippen LogP contribution in [0.5, 0.6) is 0 Å². The van der Waals surface area contributed by atoms with E-state index in [1.54, 1.807) is 29.8 Å². The molecule has 8 heteroatoms. The van der Waals surface area contributed by atoms with Gasteiger partial charge < -0.3 is 10.5 Å². The molecule has 1 rings (SSSR count). The minimum atomic E-state index is -4.03. The second-order valence-corrected chi connectivity index (χ2v) is 5.06. The Balaban J connectivity index is 2.93. The van der Waals surface area contributed by atoms with E-state index >= 15 is 0 Å². The number of para-hydroxylation sites is 2. The van der Waals surface area contributed by atoms with E-state index in [9.17, 15) is 13.2 Å². The van der Waals surface area contributed by atoms with Crippen LogP contribution in [0.4, 0.5) is 16.2 Å². The van der Waals surface area contributed by atoms with E-state index in [0.717, 1.165) is 4.31 Å². The topological polar surface area (TPSA) is 102 Å². The fourth-order valence-electron chi connectivity index (χ4n) is 1.24. The minimum Gasteiger partial charge on any atom is -0.449 e. The molecule has 1 aromatic carbocycles. The zero-order valence-electron chi connectivity index (χ0n) is 10.1. The summed E-state index contributed by atoms with van der Waals surface area (Å²) in [6.07, 6.45) is -1.03. The second kappa shape index (κ2) is 5.58. The summed E-state index contributed by atoms with van der Waals surface area (Å²) < 4.78 is 30.8. The number of hydrogen-bond donors (Lipinski definition) is 2. The third-order valence-electron chi connectivity index (χ3n) is 2.12. The number of amides is 1. The molecule has 100 valence electrons. The average Bonchev–Trinajstić information content (AvgIpc) is 2.28. The van der Waals surface area contributed by atoms with E-state index in [1.165, 1.54) is 13.1 Å². The number of nitrogens with one attached hydrogen (secondary N) is 1. The third-order valence-corrected chi connectivity index (χ3v) is 3.47. The van der Waals surface area contributed by atoms with Crippen molar-refractivity contribution in [2.24, 2.45) is 0 Å². The van der Waals surface area contributed by atoms with E-state index in [2.05, 4.69) is 4.74 Å². The van der Waals surface area contributed by atoms with Crippen molar-refractivity contribution in [1.29, 1.82) is 0 Å². The first-order valence-electron chi connectivity index (χ1n) is 5.16. The van der Waals surface area contributed by atoms with Gasteiger partial charge in [-0.15, -0.1) is 0 Å². The lowest BCUT2D eigenvalue weighted by Gasteiger charge is -2.20. The largest absolute Gasteiger partial charge is 0.449 e. The predicted octanol–water partition coefficient (Wildman–Crippen LogP) is 0.696. The van der Waals surface area contributed by atoms with Gasteiger partial charge in [-0.1, -0.05) is 12.1 Å². The molecule has 0 fully saturated rings. The SMILES string of the molecule is CCOC(=O)NS(=O)(=O)N(C)c1ccccc1N. The van der Waals surface area contributed by atoms with Crippen LogP contribution in [0.25, 0.3) is 0 Å². The summed E-state index contributed by atoms with van der Waals surface area (Å²) in [6.45, 7) is 1.66. The molecular formula is C10H15N3O4S. The van der Waals surface area contributed by atoms with Crippen LogP contribution < -0.4 is 14.8 Å². The standard InChI is InChI=1S/C10H15N3O4S/c1-3-17-10(14)12-18(15,16)13(2)9-7-5-4-6-8(9)11/h4-7H,3,11H2,1-2H3,(H,12,14). The first kappa shape index (κ1) is 14.1. The zero-order chi connectivity index (χ0) is 13.8. The highest BCUT2D eigenvalue weighted by molar-refractivity contribution is 7.91. The normalized spacial score (nSPS) is 10.8. The Bertz CT molecular complexity index is 530. The number of benzene rings is 1. The van der Waals surface area contributed by atoms with Crippen LogP contribution in [0.2, 0.25) is 0 Å². The number of nitrogen functional groups attached to an aromatic ring is 1. The summed E-state index contributed by atoms with van der Waals surface area (Å²) in [7, 11) is -2.74. The molecule has 0 saturated carbocycles. The van der Waals surface area contributed by atoms with Gasteiger partial charge in [-0.05, 0) is 19.1 Å². The fraction of sp³-hybridized carbons (Fsp3) is 0.300. The zero-order valence-corrected chi connectivity index (χ0v) is 10.9. The summed E-state index contributed by atoms with van der Waals surface area (Å²) in [5, 5.41) is 0. The van der Waals surface area contributed by atoms with Crippen molar-refractivity contribution in [3.05, 3.63) is 24.3 Å². The number of hydrogen-bond acceptors (Lipinski definition) is 5. The molecule has 0 saturated heterocycles. The highest BCUT2D eigenvalue weighted by Crippen LogP contribution is 2.22. The maximum Gasteiger partial charge on any atom is 0.422 e. The molecule has 0 aliphatic rings. The Hall–Kier alpha value is -1.96. The summed E-state index contributed by atoms with van der Waals surface area (Å²) in [5.74, 6) is 0. The van der Waals surface area contributed by atoms with Crippen LogP contribution in [0.3, 0.4) is 0 Å². The van der Waals surface area contributed by atoms with Crippen molar-refractivity contribution in [1.82, 2.24) is 4.72 Å². The average molecular weight is 273 g/mol. The number of carbonyl (C=O) groups excluding carboxylic acids is 1. The summed E-state index contributed by atoms with van der Waals surface area (Å²) in [6, 6.07) is 6.41. The Morgan fingerprint density at radius 3 is 2.61 bits per heavy atom. The molecule has 0 bridgehead atoms. The van der Waals surface area contributed by atoms with Gasteiger partial charge in [-0.3, -0.25) is 4.31 Å². The van der Waals surface area contributed by atoms with E-state index in [1.807, 2.05) is 0 Å². The van der Waals surface area contributed by atoms with Gasteiger partial charge in [-0.2, -0.15) is 8.42 Å². The Kier molecular flexibility index (Phi) is 4.38. The van der Waals surface area contributed by atoms with Crippen LogP contribution in [0.1, 0.15) is 6.92 Å². The Morgan fingerprint density at radius 2 is 2.06 bits per heavy atom. The Labute approximate surface area is 106 Å². The highest BCUT2D eigenvalue weighted by Gasteiger charge is 2.22. The van der Waals surface area contributed by atoms with Crippen molar-refractivity contribution in [2.45, 2.75) is 6.92 Å². The van der Waals surface area contributed by atoms with E-state index in [-0.39, 0.29) is 18.0 Å². The van der Waals surface area contributed by atoms with Crippen molar-refractivity contribution in [3.8, 4) is 0 Å². The number of anilines is 2. The monoisotopic (exact) mass is 273 g/mol. The smallest absolute Gasteiger partial charge is 0.422 e. The van der Waals surface area contributed by atoms with Crippen molar-refractivity contribution in [2.75, 3.05) is 23.7 Å². The fourth-order valence-corrected chi connectivity index (χ4v) is 2.07. The van der Waals surface area contributed by atoms with Gasteiger partial charge in [0.05, 0.1) is 18.0 Å². The molecule has 0 aromatic heterocycles. The van der Waals surface area contributed by atoms with E-state index in [4.69, 9.17) is 5.73 Å². The lowest BCUT2D eigenvalue weighted by Crippen LogP contribution is -2.42. The molecule has 18 heavy (non-hydrogen) atoms. The molecule has 0 aliphatic heterocycles. The molecule has 3 N–H and O–H groups in total. The summed E-state index contributed by atoms with van der Waals surface area (Å²) in [4.78, 5) is 11.1. The van der Waals surface area contributed by atoms with Gasteiger partial charge in [0.25, 0.3) is 0 Å². The van der Waals surface area contributed by atoms with Gasteiger partial charge in [-0.25, -0.2) is 9.52 Å². The minimum absolute atomic E-state index is 0.0819. The molecule has 1 amide bonds. The number of nitrogens with zero attached hydrogens (tertiary/aromatic N) is 1. The summed E-state index contributed by atoms with van der Waals surface area (Å²) >= 11 is 0. The summed E-state index contributed by atoms with van der Waals surface area (Å²) in [5.41, 5.74) is 6.22. The molecule has 0 radical (unpaired) electrons. The Morgan fingerprint density at radius 1 is 1.44 bits per heavy atom. The maximum absolute atomic E-state index is 11.8. The van der Waals surface area contributed by atoms with Gasteiger partial charge >= 0.3 is 16.3 Å². The van der Waals surface area contributed by atoms with Crippen LogP contribution in [-0.2, 0) is 14.9 Å². The molecule has 0 heterocycles. The number of carbonyl (C=O) groups is 1. The van der Waals surface area contributed by atoms with Crippen molar-refractivity contribution < 1.29 is 17.9 Å². The second-order valence-electron chi connectivity index (χ2n) is 3.35. The van der Waals surface area contributed by atoms with Crippen LogP contribution in [0, 0.1) is 0 Å². The first-order valence-corrected chi connectivity index (χ1v) is 6.60. The van der Waals surface area contributed by atoms with E-state index in [0.29, 0.717) is 0 Å². The quantitative estimate of drug-likeness (QED) is 0.786. The maximum atomic E-state index is 11.8. The van der Waals surface area contributed by atoms with Crippen LogP contribution in [0.15, 0.2) is 24.3 Å². The predicted molar refractivity (Wildman–Crippen MR) is 68.3 cm³/mol. The third kappa shape index (κ3) is 3.27. The van der Waals surface area contributed by atoms with Crippen molar-refractivity contribution >= 4 is 27.7 Å². The molecule has 1 aromatic rings. The van der Waals surface area contributed by atoms with Crippen LogP contribution in [-0.4, -0.2) is 28.2 Å². The number of rotatable bonds is 4. The van der Waals surface area contributed by atoms with Gasteiger partial charge in [0, 0.05) is 7.05 Å².